The number of halogens is 3. The van der Waals surface area contributed by atoms with E-state index in [1.165, 1.54) is 0 Å². The van der Waals surface area contributed by atoms with Gasteiger partial charge >= 0.3 is 0 Å². The van der Waals surface area contributed by atoms with Gasteiger partial charge in [-0.1, -0.05) is 0 Å². The second kappa shape index (κ2) is 11.8. The van der Waals surface area contributed by atoms with Crippen LogP contribution in [-0.4, -0.2) is 78.6 Å². The van der Waals surface area contributed by atoms with Crippen molar-refractivity contribution in [2.24, 2.45) is 0 Å². The molecule has 1 aromatic heterocycles. The van der Waals surface area contributed by atoms with Gasteiger partial charge < -0.3 is 15.1 Å². The van der Waals surface area contributed by atoms with Gasteiger partial charge in [0, 0.05) is 58.1 Å². The van der Waals surface area contributed by atoms with Gasteiger partial charge in [-0.25, -0.2) is 4.98 Å². The number of carbonyl (C=O) groups excluding carboxylic acids is 1. The molecule has 0 spiro atoms. The third kappa shape index (κ3) is 5.87. The lowest BCUT2D eigenvalue weighted by molar-refractivity contribution is -0.132. The number of nitrogens with zero attached hydrogens (tertiary/aromatic N) is 5. The Labute approximate surface area is 191 Å². The van der Waals surface area contributed by atoms with Crippen LogP contribution in [0.3, 0.4) is 0 Å². The van der Waals surface area contributed by atoms with Crippen LogP contribution in [0.2, 0.25) is 0 Å². The van der Waals surface area contributed by atoms with E-state index in [2.05, 4.69) is 26.2 Å². The maximum absolute atomic E-state index is 12.6. The summed E-state index contributed by atoms with van der Waals surface area (Å²) in [4.78, 5) is 23.7. The van der Waals surface area contributed by atoms with Crippen LogP contribution in [0.4, 0.5) is 5.82 Å². The van der Waals surface area contributed by atoms with E-state index in [0.717, 1.165) is 70.9 Å². The Hall–Kier alpha value is -1.30. The Morgan fingerprint density at radius 3 is 2.45 bits per heavy atom. The Kier molecular flexibility index (Phi) is 10.4. The van der Waals surface area contributed by atoms with Crippen LogP contribution >= 0.6 is 37.2 Å². The van der Waals surface area contributed by atoms with Crippen LogP contribution in [0.25, 0.3) is 0 Å². The van der Waals surface area contributed by atoms with Crippen LogP contribution in [-0.2, 0) is 4.79 Å². The fourth-order valence-corrected chi connectivity index (χ4v) is 4.32. The van der Waals surface area contributed by atoms with Crippen LogP contribution in [0.5, 0.6) is 0 Å². The molecule has 3 fully saturated rings. The quantitative estimate of drug-likeness (QED) is 0.735. The molecule has 162 valence electrons. The first kappa shape index (κ1) is 25.7. The monoisotopic (exact) mass is 462 g/mol. The zero-order valence-corrected chi connectivity index (χ0v) is 18.8. The summed E-state index contributed by atoms with van der Waals surface area (Å²) in [6.45, 7) is 6.49. The molecule has 1 N–H and O–H groups in total. The molecule has 10 heteroatoms. The molecule has 7 nitrogen and oxygen atoms in total. The molecule has 3 aliphatic heterocycles. The van der Waals surface area contributed by atoms with Crippen LogP contribution in [0.1, 0.15) is 24.8 Å². The molecule has 2 atom stereocenters. The second-order valence-electron chi connectivity index (χ2n) is 7.42. The maximum atomic E-state index is 12.6. The molecule has 0 radical (unpaired) electrons. The third-order valence-electron chi connectivity index (χ3n) is 5.85. The van der Waals surface area contributed by atoms with Gasteiger partial charge in [-0.15, -0.1) is 37.2 Å². The standard InChI is InChI=1S/C19H26N6O.3ClH/c20-13-15-3-4-21-18(11-15)24-9-7-23(8-10-24)16-12-17(22-14-16)19(26)25-5-1-2-6-25;;;/h3-4,11,16-17,22H,1-2,5-10,12,14H2;3*1H/t16-,17-;;;/m0.../s1. The Balaban J connectivity index is 0.00000140. The number of nitrogens with one attached hydrogen (secondary N) is 1. The molecule has 1 amide bonds. The Morgan fingerprint density at radius 1 is 1.10 bits per heavy atom. The third-order valence-corrected chi connectivity index (χ3v) is 5.85. The molecular weight excluding hydrogens is 435 g/mol. The molecule has 0 bridgehead atoms. The number of likely N-dealkylation sites (tertiary alicyclic amines) is 1. The number of hydrogen-bond acceptors (Lipinski definition) is 6. The van der Waals surface area contributed by atoms with Gasteiger partial charge in [-0.3, -0.25) is 9.69 Å². The first-order valence-electron chi connectivity index (χ1n) is 9.62. The fourth-order valence-electron chi connectivity index (χ4n) is 4.32. The van der Waals surface area contributed by atoms with Gasteiger partial charge in [0.25, 0.3) is 0 Å². The van der Waals surface area contributed by atoms with Gasteiger partial charge in [0.1, 0.15) is 5.82 Å². The summed E-state index contributed by atoms with van der Waals surface area (Å²) in [6, 6.07) is 6.20. The number of amides is 1. The molecular formula is C19H29Cl3N6O. The van der Waals surface area contributed by atoms with E-state index in [1.807, 2.05) is 11.0 Å². The normalized spacial score (nSPS) is 24.1. The molecule has 29 heavy (non-hydrogen) atoms. The number of carbonyl (C=O) groups is 1. The van der Waals surface area contributed by atoms with Crippen molar-refractivity contribution in [3.8, 4) is 6.07 Å². The fraction of sp³-hybridized carbons (Fsp3) is 0.632. The van der Waals surface area contributed by atoms with Gasteiger partial charge in [-0.05, 0) is 31.4 Å². The summed E-state index contributed by atoms with van der Waals surface area (Å²) >= 11 is 0. The van der Waals surface area contributed by atoms with Crippen LogP contribution < -0.4 is 10.2 Å². The number of piperazine rings is 1. The lowest BCUT2D eigenvalue weighted by Crippen LogP contribution is -2.51. The maximum Gasteiger partial charge on any atom is 0.239 e. The highest BCUT2D eigenvalue weighted by Gasteiger charge is 2.36. The Morgan fingerprint density at radius 2 is 1.79 bits per heavy atom. The van der Waals surface area contributed by atoms with Crippen molar-refractivity contribution >= 4 is 48.9 Å². The van der Waals surface area contributed by atoms with Crippen molar-refractivity contribution in [2.75, 3.05) is 50.7 Å². The average Bonchev–Trinajstić information content (AvgIpc) is 3.40. The average molecular weight is 464 g/mol. The molecule has 1 aromatic rings. The van der Waals surface area contributed by atoms with E-state index < -0.39 is 0 Å². The summed E-state index contributed by atoms with van der Waals surface area (Å²) in [5.74, 6) is 1.18. The summed E-state index contributed by atoms with van der Waals surface area (Å²) in [5, 5.41) is 12.5. The first-order chi connectivity index (χ1) is 12.7. The first-order valence-corrected chi connectivity index (χ1v) is 9.62. The minimum atomic E-state index is -0.00916. The van der Waals surface area contributed by atoms with Crippen LogP contribution in [0, 0.1) is 11.3 Å². The van der Waals surface area contributed by atoms with E-state index in [0.29, 0.717) is 17.5 Å². The zero-order chi connectivity index (χ0) is 17.9. The van der Waals surface area contributed by atoms with Crippen LogP contribution in [0.15, 0.2) is 18.3 Å². The molecule has 0 unspecified atom stereocenters. The van der Waals surface area contributed by atoms with Crippen molar-refractivity contribution in [2.45, 2.75) is 31.3 Å². The SMILES string of the molecule is Cl.Cl.Cl.N#Cc1ccnc(N2CCN([C@@H]3CN[C@H](C(=O)N4CCCC4)C3)CC2)c1. The summed E-state index contributed by atoms with van der Waals surface area (Å²) in [5.41, 5.74) is 0.653. The summed E-state index contributed by atoms with van der Waals surface area (Å²) < 4.78 is 0. The molecule has 3 aliphatic rings. The molecule has 0 aromatic carbocycles. The van der Waals surface area contributed by atoms with Gasteiger partial charge in [-0.2, -0.15) is 5.26 Å². The van der Waals surface area contributed by atoms with Crippen molar-refractivity contribution in [1.82, 2.24) is 20.1 Å². The minimum Gasteiger partial charge on any atom is -0.354 e. The predicted molar refractivity (Wildman–Crippen MR) is 120 cm³/mol. The van der Waals surface area contributed by atoms with Gasteiger partial charge in [0.05, 0.1) is 17.7 Å². The minimum absolute atomic E-state index is 0. The zero-order valence-electron chi connectivity index (χ0n) is 16.3. The molecule has 0 aliphatic carbocycles. The molecule has 3 saturated heterocycles. The number of anilines is 1. The number of nitriles is 1. The topological polar surface area (TPSA) is 75.5 Å². The van der Waals surface area contributed by atoms with E-state index in [9.17, 15) is 4.79 Å². The number of aromatic nitrogens is 1. The van der Waals surface area contributed by atoms with E-state index >= 15 is 0 Å². The van der Waals surface area contributed by atoms with Gasteiger partial charge in [0.15, 0.2) is 0 Å². The highest BCUT2D eigenvalue weighted by molar-refractivity contribution is 5.86. The number of hydrogen-bond donors (Lipinski definition) is 1. The lowest BCUT2D eigenvalue weighted by atomic mass is 10.1. The van der Waals surface area contributed by atoms with Gasteiger partial charge in [0.2, 0.25) is 5.91 Å². The van der Waals surface area contributed by atoms with Crippen molar-refractivity contribution in [1.29, 1.82) is 5.26 Å². The van der Waals surface area contributed by atoms with E-state index in [-0.39, 0.29) is 43.3 Å². The van der Waals surface area contributed by atoms with Crippen molar-refractivity contribution < 1.29 is 4.79 Å². The van der Waals surface area contributed by atoms with E-state index in [4.69, 9.17) is 5.26 Å². The smallest absolute Gasteiger partial charge is 0.239 e. The highest BCUT2D eigenvalue weighted by atomic mass is 35.5. The number of pyridine rings is 1. The summed E-state index contributed by atoms with van der Waals surface area (Å²) in [7, 11) is 0. The molecule has 4 rings (SSSR count). The molecule has 4 heterocycles. The second-order valence-corrected chi connectivity index (χ2v) is 7.42. The highest BCUT2D eigenvalue weighted by Crippen LogP contribution is 2.21. The largest absolute Gasteiger partial charge is 0.354 e. The Bertz CT molecular complexity index is 701. The number of rotatable bonds is 3. The molecule has 0 saturated carbocycles. The van der Waals surface area contributed by atoms with E-state index in [1.54, 1.807) is 12.3 Å². The van der Waals surface area contributed by atoms with Crippen molar-refractivity contribution in [3.05, 3.63) is 23.9 Å². The summed E-state index contributed by atoms with van der Waals surface area (Å²) in [6.07, 6.45) is 4.91. The predicted octanol–water partition coefficient (Wildman–Crippen LogP) is 1.69. The lowest BCUT2D eigenvalue weighted by Gasteiger charge is -2.38. The van der Waals surface area contributed by atoms with Crippen molar-refractivity contribution in [3.63, 3.8) is 0 Å².